The molecule has 0 atom stereocenters. The van der Waals surface area contributed by atoms with Gasteiger partial charge in [0.05, 0.1) is 6.54 Å². The van der Waals surface area contributed by atoms with Gasteiger partial charge in [-0.3, -0.25) is 0 Å². The van der Waals surface area contributed by atoms with Gasteiger partial charge in [-0.1, -0.05) is 0 Å². The number of pyridine rings is 1. The van der Waals surface area contributed by atoms with Crippen LogP contribution >= 0.6 is 15.9 Å². The zero-order chi connectivity index (χ0) is 18.0. The summed E-state index contributed by atoms with van der Waals surface area (Å²) in [6.07, 6.45) is -3.01. The molecule has 0 fully saturated rings. The highest BCUT2D eigenvalue weighted by molar-refractivity contribution is 9.10. The van der Waals surface area contributed by atoms with E-state index in [9.17, 15) is 13.2 Å². The van der Waals surface area contributed by atoms with Crippen molar-refractivity contribution in [2.24, 2.45) is 0 Å². The van der Waals surface area contributed by atoms with Crippen LogP contribution in [0.2, 0.25) is 0 Å². The summed E-state index contributed by atoms with van der Waals surface area (Å²) in [6, 6.07) is 7.15. The number of alkyl halides is 3. The molecule has 1 aromatic carbocycles. The molecule has 0 aliphatic rings. The molecule has 2 aromatic heterocycles. The van der Waals surface area contributed by atoms with Crippen LogP contribution in [0.15, 0.2) is 41.0 Å². The summed E-state index contributed by atoms with van der Waals surface area (Å²) in [5.74, 6) is 0.969. The van der Waals surface area contributed by atoms with E-state index in [1.165, 1.54) is 24.3 Å². The van der Waals surface area contributed by atoms with E-state index in [4.69, 9.17) is 4.74 Å². The number of aryl methyl sites for hydroxylation is 1. The molecule has 0 aliphatic heterocycles. The number of halogens is 4. The number of ether oxygens (including phenoxy) is 2. The molecule has 0 bridgehead atoms. The number of hydrogen-bond donors (Lipinski definition) is 0. The van der Waals surface area contributed by atoms with Gasteiger partial charge >= 0.3 is 6.36 Å². The zero-order valence-electron chi connectivity index (χ0n) is 13.0. The summed E-state index contributed by atoms with van der Waals surface area (Å²) in [5, 5.41) is 0. The second-order valence-electron chi connectivity index (χ2n) is 5.17. The van der Waals surface area contributed by atoms with Crippen LogP contribution in [0.4, 0.5) is 13.2 Å². The molecule has 0 amide bonds. The first-order chi connectivity index (χ1) is 11.8. The van der Waals surface area contributed by atoms with Gasteiger partial charge in [0.25, 0.3) is 0 Å². The lowest BCUT2D eigenvalue weighted by molar-refractivity contribution is -0.274. The van der Waals surface area contributed by atoms with Crippen molar-refractivity contribution in [1.82, 2.24) is 14.5 Å². The number of imidazole rings is 1. The average molecular weight is 416 g/mol. The molecular weight excluding hydrogens is 403 g/mol. The van der Waals surface area contributed by atoms with E-state index in [0.29, 0.717) is 18.9 Å². The Kier molecular flexibility index (Phi) is 4.85. The summed E-state index contributed by atoms with van der Waals surface area (Å²) >= 11 is 3.36. The number of rotatable bonds is 5. The van der Waals surface area contributed by atoms with E-state index in [0.717, 1.165) is 21.5 Å². The molecule has 0 saturated heterocycles. The molecule has 0 aliphatic carbocycles. The molecule has 0 N–H and O–H groups in total. The summed E-state index contributed by atoms with van der Waals surface area (Å²) in [5.41, 5.74) is 1.53. The molecule has 0 radical (unpaired) electrons. The van der Waals surface area contributed by atoms with Crippen LogP contribution in [0.5, 0.6) is 11.5 Å². The molecule has 0 saturated carbocycles. The minimum atomic E-state index is -4.70. The molecule has 0 spiro atoms. The number of aromatic nitrogens is 3. The highest BCUT2D eigenvalue weighted by Gasteiger charge is 2.30. The van der Waals surface area contributed by atoms with Gasteiger partial charge in [0.1, 0.15) is 29.4 Å². The predicted octanol–water partition coefficient (Wildman–Crippen LogP) is 4.48. The van der Waals surface area contributed by atoms with Gasteiger partial charge < -0.3 is 14.0 Å². The molecule has 2 heterocycles. The van der Waals surface area contributed by atoms with E-state index in [1.54, 1.807) is 6.20 Å². The van der Waals surface area contributed by atoms with E-state index in [-0.39, 0.29) is 5.75 Å². The summed E-state index contributed by atoms with van der Waals surface area (Å²) in [4.78, 5) is 8.78. The molecular formula is C16H13BrF3N3O2. The van der Waals surface area contributed by atoms with Crippen molar-refractivity contribution in [3.8, 4) is 11.5 Å². The van der Waals surface area contributed by atoms with Gasteiger partial charge in [-0.2, -0.15) is 0 Å². The van der Waals surface area contributed by atoms with Crippen molar-refractivity contribution in [2.45, 2.75) is 19.8 Å². The average Bonchev–Trinajstić information content (AvgIpc) is 2.82. The van der Waals surface area contributed by atoms with Gasteiger partial charge in [0.2, 0.25) is 0 Å². The molecule has 3 aromatic rings. The van der Waals surface area contributed by atoms with Gasteiger partial charge in [-0.25, -0.2) is 9.97 Å². The summed E-state index contributed by atoms with van der Waals surface area (Å²) < 4.78 is 48.5. The Balaban J connectivity index is 1.62. The topological polar surface area (TPSA) is 49.2 Å². The third kappa shape index (κ3) is 4.41. The monoisotopic (exact) mass is 415 g/mol. The highest BCUT2D eigenvalue weighted by Crippen LogP contribution is 2.25. The largest absolute Gasteiger partial charge is 0.573 e. The van der Waals surface area contributed by atoms with E-state index >= 15 is 0 Å². The Bertz CT molecular complexity index is 879. The number of fused-ring (bicyclic) bond motifs is 1. The van der Waals surface area contributed by atoms with Gasteiger partial charge in [0, 0.05) is 10.7 Å². The van der Waals surface area contributed by atoms with Crippen LogP contribution in [-0.4, -0.2) is 27.5 Å². The fourth-order valence-corrected chi connectivity index (χ4v) is 2.68. The van der Waals surface area contributed by atoms with E-state index in [1.807, 2.05) is 17.6 Å². The van der Waals surface area contributed by atoms with E-state index < -0.39 is 6.36 Å². The molecule has 3 rings (SSSR count). The Hall–Kier alpha value is -2.29. The number of hydrogen-bond acceptors (Lipinski definition) is 4. The zero-order valence-corrected chi connectivity index (χ0v) is 14.6. The van der Waals surface area contributed by atoms with Crippen LogP contribution < -0.4 is 9.47 Å². The minimum absolute atomic E-state index is 0.286. The molecule has 0 unspecified atom stereocenters. The van der Waals surface area contributed by atoms with Gasteiger partial charge in [0.15, 0.2) is 5.65 Å². The first-order valence-electron chi connectivity index (χ1n) is 7.29. The maximum atomic E-state index is 12.1. The van der Waals surface area contributed by atoms with Crippen molar-refractivity contribution >= 4 is 27.1 Å². The number of nitrogens with zero attached hydrogens (tertiary/aromatic N) is 3. The summed E-state index contributed by atoms with van der Waals surface area (Å²) in [6.45, 7) is 2.71. The van der Waals surface area contributed by atoms with E-state index in [2.05, 4.69) is 30.6 Å². The SMILES string of the molecule is Cc1nc2cc(Br)cnc2n1CCOc1ccc(OC(F)(F)F)cc1. The van der Waals surface area contributed by atoms with Crippen molar-refractivity contribution in [3.05, 3.63) is 46.8 Å². The number of benzene rings is 1. The molecule has 132 valence electrons. The first kappa shape index (κ1) is 17.5. The van der Waals surface area contributed by atoms with Gasteiger partial charge in [-0.15, -0.1) is 13.2 Å². The van der Waals surface area contributed by atoms with Crippen LogP contribution in [0.1, 0.15) is 5.82 Å². The first-order valence-corrected chi connectivity index (χ1v) is 8.08. The highest BCUT2D eigenvalue weighted by atomic mass is 79.9. The van der Waals surface area contributed by atoms with Crippen molar-refractivity contribution < 1.29 is 22.6 Å². The fraction of sp³-hybridized carbons (Fsp3) is 0.250. The molecule has 9 heteroatoms. The predicted molar refractivity (Wildman–Crippen MR) is 88.6 cm³/mol. The van der Waals surface area contributed by atoms with Crippen LogP contribution in [0.3, 0.4) is 0 Å². The third-order valence-corrected chi connectivity index (χ3v) is 3.82. The van der Waals surface area contributed by atoms with Crippen molar-refractivity contribution in [1.29, 1.82) is 0 Å². The second-order valence-corrected chi connectivity index (χ2v) is 6.09. The lowest BCUT2D eigenvalue weighted by atomic mass is 10.3. The second kappa shape index (κ2) is 6.91. The molecule has 5 nitrogen and oxygen atoms in total. The normalized spacial score (nSPS) is 11.7. The maximum Gasteiger partial charge on any atom is 0.573 e. The van der Waals surface area contributed by atoms with Crippen LogP contribution in [-0.2, 0) is 6.54 Å². The molecule has 25 heavy (non-hydrogen) atoms. The standard InChI is InChI=1S/C16H13BrF3N3O2/c1-10-22-14-8-11(17)9-21-15(14)23(10)6-7-24-12-2-4-13(5-3-12)25-16(18,19)20/h2-5,8-9H,6-7H2,1H3. The third-order valence-electron chi connectivity index (χ3n) is 3.38. The Morgan fingerprint density at radius 3 is 2.52 bits per heavy atom. The quantitative estimate of drug-likeness (QED) is 0.616. The minimum Gasteiger partial charge on any atom is -0.492 e. The van der Waals surface area contributed by atoms with Crippen LogP contribution in [0.25, 0.3) is 11.2 Å². The Labute approximate surface area is 149 Å². The smallest absolute Gasteiger partial charge is 0.492 e. The van der Waals surface area contributed by atoms with Crippen LogP contribution in [0, 0.1) is 6.92 Å². The lowest BCUT2D eigenvalue weighted by Crippen LogP contribution is -2.17. The van der Waals surface area contributed by atoms with Crippen molar-refractivity contribution in [2.75, 3.05) is 6.61 Å². The summed E-state index contributed by atoms with van der Waals surface area (Å²) in [7, 11) is 0. The Morgan fingerprint density at radius 2 is 1.84 bits per heavy atom. The lowest BCUT2D eigenvalue weighted by Gasteiger charge is -2.11. The fourth-order valence-electron chi connectivity index (χ4n) is 2.36. The van der Waals surface area contributed by atoms with Crippen molar-refractivity contribution in [3.63, 3.8) is 0 Å². The maximum absolute atomic E-state index is 12.1. The Morgan fingerprint density at radius 1 is 1.16 bits per heavy atom. The van der Waals surface area contributed by atoms with Gasteiger partial charge in [-0.05, 0) is 53.2 Å².